The molecule has 3 amide bonds. The third-order valence-electron chi connectivity index (χ3n) is 4.85. The van der Waals surface area contributed by atoms with Crippen molar-refractivity contribution < 1.29 is 22.7 Å². The van der Waals surface area contributed by atoms with E-state index in [4.69, 9.17) is 16.2 Å². The van der Waals surface area contributed by atoms with Gasteiger partial charge in [0.05, 0.1) is 0 Å². The molecular weight excluding hydrogens is 434 g/mol. The quantitative estimate of drug-likeness (QED) is 0.379. The largest absolute Gasteiger partial charge is 0.456 e. The number of amides is 3. The highest BCUT2D eigenvalue weighted by Gasteiger charge is 2.26. The number of aliphatic imine (C=N–C) groups is 1. The number of benzene rings is 2. The summed E-state index contributed by atoms with van der Waals surface area (Å²) in [7, 11) is -4.40. The first-order valence-electron chi connectivity index (χ1n) is 10.1. The maximum absolute atomic E-state index is 13.0. The van der Waals surface area contributed by atoms with Gasteiger partial charge < -0.3 is 21.5 Å². The number of rotatable bonds is 6. The minimum absolute atomic E-state index is 0.0737. The Balaban J connectivity index is 1.91. The van der Waals surface area contributed by atoms with Crippen molar-refractivity contribution in [2.45, 2.75) is 43.0 Å². The van der Waals surface area contributed by atoms with Crippen LogP contribution in [0.4, 0.5) is 4.79 Å². The number of carbonyl (C=O) groups excluding carboxylic acids is 2. The first-order valence-corrected chi connectivity index (χ1v) is 11.6. The number of guanidine groups is 1. The van der Waals surface area contributed by atoms with E-state index in [9.17, 15) is 18.0 Å². The van der Waals surface area contributed by atoms with Crippen LogP contribution in [0, 0.1) is 0 Å². The number of hydrogen-bond acceptors (Lipinski definition) is 5. The Labute approximate surface area is 186 Å². The maximum atomic E-state index is 13.0. The normalized spacial score (nSPS) is 14.2. The molecule has 11 heteroatoms. The molecule has 1 aliphatic rings. The first-order chi connectivity index (χ1) is 15.2. The SMILES string of the molecule is NC(N)=NC(=O)c1ccc(Oc2ccccc2)c(S(=O)(=O)NC(=O)NC2CCCCC2)c1. The third kappa shape index (κ3) is 6.20. The Bertz CT molecular complexity index is 1110. The lowest BCUT2D eigenvalue weighted by Gasteiger charge is -2.23. The molecule has 0 spiro atoms. The summed E-state index contributed by atoms with van der Waals surface area (Å²) >= 11 is 0. The zero-order chi connectivity index (χ0) is 23.1. The van der Waals surface area contributed by atoms with Crippen molar-refractivity contribution in [2.75, 3.05) is 0 Å². The fraction of sp³-hybridized carbons (Fsp3) is 0.286. The standard InChI is InChI=1S/C21H25N5O5S/c22-20(23)25-19(27)14-11-12-17(31-16-9-5-2-6-10-16)18(13-14)32(29,30)26-21(28)24-15-7-3-1-4-8-15/h2,5-6,9-13,15H,1,3-4,7-8H2,(H2,24,26,28)(H4,22,23,25,27). The van der Waals surface area contributed by atoms with Crippen molar-refractivity contribution >= 4 is 27.9 Å². The molecule has 1 fully saturated rings. The molecule has 3 rings (SSSR count). The molecule has 0 radical (unpaired) electrons. The number of ether oxygens (including phenoxy) is 1. The van der Waals surface area contributed by atoms with Crippen LogP contribution >= 0.6 is 0 Å². The van der Waals surface area contributed by atoms with Crippen LogP contribution in [0.1, 0.15) is 42.5 Å². The van der Waals surface area contributed by atoms with E-state index in [-0.39, 0.29) is 17.4 Å². The molecule has 6 N–H and O–H groups in total. The first kappa shape index (κ1) is 23.1. The second-order valence-corrected chi connectivity index (χ2v) is 8.98. The molecule has 0 bridgehead atoms. The van der Waals surface area contributed by atoms with Crippen molar-refractivity contribution in [3.8, 4) is 11.5 Å². The van der Waals surface area contributed by atoms with Gasteiger partial charge in [0.25, 0.3) is 15.9 Å². The lowest BCUT2D eigenvalue weighted by Crippen LogP contribution is -2.45. The Morgan fingerprint density at radius 1 is 1.00 bits per heavy atom. The number of carbonyl (C=O) groups is 2. The van der Waals surface area contributed by atoms with Crippen LogP contribution in [0.5, 0.6) is 11.5 Å². The number of nitrogens with zero attached hydrogens (tertiary/aromatic N) is 1. The Morgan fingerprint density at radius 3 is 2.34 bits per heavy atom. The number of nitrogens with two attached hydrogens (primary N) is 2. The zero-order valence-corrected chi connectivity index (χ0v) is 18.1. The summed E-state index contributed by atoms with van der Waals surface area (Å²) in [5, 5.41) is 2.69. The van der Waals surface area contributed by atoms with Crippen LogP contribution in [0.15, 0.2) is 58.4 Å². The molecule has 0 heterocycles. The van der Waals surface area contributed by atoms with Crippen LogP contribution in [0.2, 0.25) is 0 Å². The number of urea groups is 1. The molecule has 32 heavy (non-hydrogen) atoms. The van der Waals surface area contributed by atoms with Gasteiger partial charge in [-0.15, -0.1) is 0 Å². The summed E-state index contributed by atoms with van der Waals surface area (Å²) in [5.74, 6) is -0.998. The molecule has 1 saturated carbocycles. The molecule has 10 nitrogen and oxygen atoms in total. The van der Waals surface area contributed by atoms with Crippen LogP contribution in [-0.2, 0) is 10.0 Å². The van der Waals surface area contributed by atoms with E-state index in [1.165, 1.54) is 12.1 Å². The van der Waals surface area contributed by atoms with E-state index in [0.717, 1.165) is 38.2 Å². The van der Waals surface area contributed by atoms with Gasteiger partial charge >= 0.3 is 6.03 Å². The second-order valence-electron chi connectivity index (χ2n) is 7.33. The zero-order valence-electron chi connectivity index (χ0n) is 17.3. The lowest BCUT2D eigenvalue weighted by atomic mass is 9.96. The van der Waals surface area contributed by atoms with Gasteiger partial charge in [0.15, 0.2) is 5.96 Å². The molecule has 0 aliphatic heterocycles. The predicted molar refractivity (Wildman–Crippen MR) is 119 cm³/mol. The van der Waals surface area contributed by atoms with Crippen LogP contribution in [0.25, 0.3) is 0 Å². The minimum atomic E-state index is -4.40. The van der Waals surface area contributed by atoms with Crippen LogP contribution in [-0.4, -0.2) is 32.4 Å². The molecule has 0 saturated heterocycles. The number of sulfonamides is 1. The molecule has 0 aromatic heterocycles. The van der Waals surface area contributed by atoms with Crippen LogP contribution in [0.3, 0.4) is 0 Å². The number of hydrogen-bond donors (Lipinski definition) is 4. The van der Waals surface area contributed by atoms with Gasteiger partial charge in [-0.05, 0) is 43.2 Å². The highest BCUT2D eigenvalue weighted by molar-refractivity contribution is 7.90. The van der Waals surface area contributed by atoms with E-state index in [0.29, 0.717) is 5.75 Å². The van der Waals surface area contributed by atoms with E-state index < -0.39 is 32.8 Å². The van der Waals surface area contributed by atoms with Crippen molar-refractivity contribution in [1.29, 1.82) is 0 Å². The molecule has 170 valence electrons. The highest BCUT2D eigenvalue weighted by Crippen LogP contribution is 2.30. The average Bonchev–Trinajstić information content (AvgIpc) is 2.74. The van der Waals surface area contributed by atoms with E-state index in [2.05, 4.69) is 10.3 Å². The van der Waals surface area contributed by atoms with Gasteiger partial charge in [-0.1, -0.05) is 37.5 Å². The summed E-state index contributed by atoms with van der Waals surface area (Å²) < 4.78 is 33.8. The summed E-state index contributed by atoms with van der Waals surface area (Å²) in [6.45, 7) is 0. The van der Waals surface area contributed by atoms with Gasteiger partial charge in [0.2, 0.25) is 0 Å². The van der Waals surface area contributed by atoms with Crippen molar-refractivity contribution in [3.63, 3.8) is 0 Å². The van der Waals surface area contributed by atoms with Crippen molar-refractivity contribution in [2.24, 2.45) is 16.5 Å². The van der Waals surface area contributed by atoms with Gasteiger partial charge in [-0.25, -0.2) is 17.9 Å². The van der Waals surface area contributed by atoms with Gasteiger partial charge in [-0.3, -0.25) is 4.79 Å². The smallest absolute Gasteiger partial charge is 0.328 e. The van der Waals surface area contributed by atoms with Crippen molar-refractivity contribution in [3.05, 3.63) is 54.1 Å². The summed E-state index contributed by atoms with van der Waals surface area (Å²) in [4.78, 5) is 27.6. The Kier molecular flexibility index (Phi) is 7.31. The molecule has 2 aromatic rings. The molecule has 2 aromatic carbocycles. The molecule has 0 atom stereocenters. The highest BCUT2D eigenvalue weighted by atomic mass is 32.2. The summed E-state index contributed by atoms with van der Waals surface area (Å²) in [6.07, 6.45) is 4.62. The minimum Gasteiger partial charge on any atom is -0.456 e. The third-order valence-corrected chi connectivity index (χ3v) is 6.20. The molecule has 0 unspecified atom stereocenters. The number of nitrogens with one attached hydrogen (secondary N) is 2. The predicted octanol–water partition coefficient (Wildman–Crippen LogP) is 2.21. The summed E-state index contributed by atoms with van der Waals surface area (Å²) in [6, 6.07) is 11.2. The van der Waals surface area contributed by atoms with Crippen LogP contribution < -0.4 is 26.2 Å². The van der Waals surface area contributed by atoms with Crippen molar-refractivity contribution in [1.82, 2.24) is 10.0 Å². The average molecular weight is 460 g/mol. The fourth-order valence-corrected chi connectivity index (χ4v) is 4.44. The summed E-state index contributed by atoms with van der Waals surface area (Å²) in [5.41, 5.74) is 10.4. The van der Waals surface area contributed by atoms with Gasteiger partial charge in [0, 0.05) is 11.6 Å². The van der Waals surface area contributed by atoms with E-state index in [1.807, 2.05) is 4.72 Å². The monoisotopic (exact) mass is 459 g/mol. The molecular formula is C21H25N5O5S. The molecule has 1 aliphatic carbocycles. The van der Waals surface area contributed by atoms with Gasteiger partial charge in [-0.2, -0.15) is 4.99 Å². The van der Waals surface area contributed by atoms with E-state index >= 15 is 0 Å². The topological polar surface area (TPSA) is 166 Å². The van der Waals surface area contributed by atoms with Gasteiger partial charge in [0.1, 0.15) is 16.4 Å². The Morgan fingerprint density at radius 2 is 1.69 bits per heavy atom. The maximum Gasteiger partial charge on any atom is 0.328 e. The fourth-order valence-electron chi connectivity index (χ4n) is 3.37. The lowest BCUT2D eigenvalue weighted by molar-refractivity contribution is 0.100. The Hall–Kier alpha value is -3.60. The number of para-hydroxylation sites is 1. The van der Waals surface area contributed by atoms with E-state index in [1.54, 1.807) is 30.3 Å². The second kappa shape index (κ2) is 10.1.